The quantitative estimate of drug-likeness (QED) is 0.858. The normalized spacial score (nSPS) is 18.9. The van der Waals surface area contributed by atoms with Crippen LogP contribution in [0.4, 0.5) is 0 Å². The van der Waals surface area contributed by atoms with E-state index in [0.29, 0.717) is 35.4 Å². The fourth-order valence-electron chi connectivity index (χ4n) is 2.64. The molecule has 108 valence electrons. The number of hydrogen-bond acceptors (Lipinski definition) is 4. The van der Waals surface area contributed by atoms with Gasteiger partial charge in [0, 0.05) is 19.1 Å². The number of nitrogens with zero attached hydrogens (tertiary/aromatic N) is 2. The van der Waals surface area contributed by atoms with Crippen molar-refractivity contribution in [2.45, 2.75) is 44.6 Å². The first-order chi connectivity index (χ1) is 8.96. The van der Waals surface area contributed by atoms with Gasteiger partial charge in [-0.1, -0.05) is 6.92 Å². The van der Waals surface area contributed by atoms with Gasteiger partial charge >= 0.3 is 0 Å². The summed E-state index contributed by atoms with van der Waals surface area (Å²) in [6, 6.07) is 0.433. The number of aromatic amines is 1. The Labute approximate surface area is 114 Å². The van der Waals surface area contributed by atoms with Crippen molar-refractivity contribution < 1.29 is 8.42 Å². The molecule has 1 fully saturated rings. The highest BCUT2D eigenvalue weighted by Crippen LogP contribution is 2.24. The predicted octanol–water partition coefficient (Wildman–Crippen LogP) is 0.789. The highest BCUT2D eigenvalue weighted by molar-refractivity contribution is 7.89. The molecule has 0 spiro atoms. The minimum Gasteiger partial charge on any atom is -0.314 e. The van der Waals surface area contributed by atoms with Crippen molar-refractivity contribution in [3.8, 4) is 0 Å². The molecular formula is C12H22N4O2S. The van der Waals surface area contributed by atoms with Crippen LogP contribution in [0.15, 0.2) is 4.90 Å². The third kappa shape index (κ3) is 2.82. The topological polar surface area (TPSA) is 78.1 Å². The van der Waals surface area contributed by atoms with Gasteiger partial charge in [0.25, 0.3) is 0 Å². The molecule has 1 aliphatic rings. The smallest absolute Gasteiger partial charge is 0.246 e. The molecular weight excluding hydrogens is 264 g/mol. The highest BCUT2D eigenvalue weighted by Gasteiger charge is 2.32. The lowest BCUT2D eigenvalue weighted by Crippen LogP contribution is -2.44. The maximum atomic E-state index is 12.6. The zero-order valence-electron chi connectivity index (χ0n) is 11.7. The Balaban J connectivity index is 2.15. The third-order valence-corrected chi connectivity index (χ3v) is 5.77. The number of aryl methyl sites for hydroxylation is 2. The Morgan fingerprint density at radius 1 is 1.37 bits per heavy atom. The average Bonchev–Trinajstić information content (AvgIpc) is 2.70. The van der Waals surface area contributed by atoms with E-state index in [-0.39, 0.29) is 0 Å². The zero-order valence-corrected chi connectivity index (χ0v) is 12.5. The molecule has 0 aliphatic carbocycles. The lowest BCUT2D eigenvalue weighted by Gasteiger charge is -2.31. The predicted molar refractivity (Wildman–Crippen MR) is 73.5 cm³/mol. The molecule has 0 bridgehead atoms. The van der Waals surface area contributed by atoms with Crippen LogP contribution in [0.3, 0.4) is 0 Å². The van der Waals surface area contributed by atoms with Crippen molar-refractivity contribution in [3.63, 3.8) is 0 Å². The van der Waals surface area contributed by atoms with Gasteiger partial charge in [0.1, 0.15) is 4.90 Å². The van der Waals surface area contributed by atoms with Crippen molar-refractivity contribution >= 4 is 10.0 Å². The Morgan fingerprint density at radius 2 is 2.00 bits per heavy atom. The van der Waals surface area contributed by atoms with E-state index in [2.05, 4.69) is 22.4 Å². The molecule has 2 heterocycles. The summed E-state index contributed by atoms with van der Waals surface area (Å²) in [7, 11) is -3.41. The van der Waals surface area contributed by atoms with Gasteiger partial charge < -0.3 is 5.32 Å². The molecule has 0 unspecified atom stereocenters. The first-order valence-electron chi connectivity index (χ1n) is 6.72. The maximum Gasteiger partial charge on any atom is 0.246 e. The standard InChI is InChI=1S/C12H22N4O2S/c1-4-13-11-5-7-16(8-6-11)19(17,18)12-9(2)14-15-10(12)3/h11,13H,4-8H2,1-3H3,(H,14,15). The molecule has 0 radical (unpaired) electrons. The van der Waals surface area contributed by atoms with Crippen LogP contribution in [-0.4, -0.2) is 48.6 Å². The summed E-state index contributed by atoms with van der Waals surface area (Å²) in [5.74, 6) is 0. The minimum absolute atomic E-state index is 0.342. The summed E-state index contributed by atoms with van der Waals surface area (Å²) < 4.78 is 26.8. The second-order valence-corrected chi connectivity index (χ2v) is 6.87. The van der Waals surface area contributed by atoms with Crippen molar-refractivity contribution in [2.24, 2.45) is 0 Å². The molecule has 0 saturated carbocycles. The van der Waals surface area contributed by atoms with E-state index < -0.39 is 10.0 Å². The Morgan fingerprint density at radius 3 is 2.47 bits per heavy atom. The van der Waals surface area contributed by atoms with E-state index >= 15 is 0 Å². The number of rotatable bonds is 4. The number of piperidine rings is 1. The Kier molecular flexibility index (Phi) is 4.27. The molecule has 1 aromatic rings. The Bertz CT molecular complexity index is 510. The fraction of sp³-hybridized carbons (Fsp3) is 0.750. The van der Waals surface area contributed by atoms with Gasteiger partial charge in [0.15, 0.2) is 0 Å². The zero-order chi connectivity index (χ0) is 14.0. The van der Waals surface area contributed by atoms with Crippen LogP contribution in [0.1, 0.15) is 31.2 Å². The second kappa shape index (κ2) is 5.60. The first-order valence-corrected chi connectivity index (χ1v) is 8.16. The molecule has 1 saturated heterocycles. The summed E-state index contributed by atoms with van der Waals surface area (Å²) in [5, 5.41) is 10.1. The molecule has 2 N–H and O–H groups in total. The van der Waals surface area contributed by atoms with E-state index in [1.54, 1.807) is 18.2 Å². The lowest BCUT2D eigenvalue weighted by molar-refractivity contribution is 0.292. The van der Waals surface area contributed by atoms with Crippen molar-refractivity contribution in [1.29, 1.82) is 0 Å². The minimum atomic E-state index is -3.41. The number of nitrogens with one attached hydrogen (secondary N) is 2. The van der Waals surface area contributed by atoms with E-state index in [9.17, 15) is 8.42 Å². The SMILES string of the molecule is CCNC1CCN(S(=O)(=O)c2c(C)n[nH]c2C)CC1. The molecule has 7 heteroatoms. The van der Waals surface area contributed by atoms with Crippen LogP contribution >= 0.6 is 0 Å². The van der Waals surface area contributed by atoms with Gasteiger partial charge in [-0.3, -0.25) is 5.10 Å². The van der Waals surface area contributed by atoms with Crippen LogP contribution in [0.2, 0.25) is 0 Å². The second-order valence-electron chi connectivity index (χ2n) is 5.00. The van der Waals surface area contributed by atoms with Gasteiger partial charge in [-0.05, 0) is 33.2 Å². The van der Waals surface area contributed by atoms with Crippen molar-refractivity contribution in [1.82, 2.24) is 19.8 Å². The molecule has 1 aromatic heterocycles. The van der Waals surface area contributed by atoms with Crippen molar-refractivity contribution in [2.75, 3.05) is 19.6 Å². The molecule has 6 nitrogen and oxygen atoms in total. The molecule has 19 heavy (non-hydrogen) atoms. The van der Waals surface area contributed by atoms with Gasteiger partial charge in [0.05, 0.1) is 11.4 Å². The molecule has 0 amide bonds. The van der Waals surface area contributed by atoms with Crippen molar-refractivity contribution in [3.05, 3.63) is 11.4 Å². The van der Waals surface area contributed by atoms with E-state index in [1.807, 2.05) is 0 Å². The maximum absolute atomic E-state index is 12.6. The van der Waals surface area contributed by atoms with Gasteiger partial charge in [-0.25, -0.2) is 8.42 Å². The highest BCUT2D eigenvalue weighted by atomic mass is 32.2. The number of hydrogen-bond donors (Lipinski definition) is 2. The number of sulfonamides is 1. The van der Waals surface area contributed by atoms with Gasteiger partial charge in [0.2, 0.25) is 10.0 Å². The summed E-state index contributed by atoms with van der Waals surface area (Å²) >= 11 is 0. The monoisotopic (exact) mass is 286 g/mol. The molecule has 0 atom stereocenters. The number of aromatic nitrogens is 2. The number of H-pyrrole nitrogens is 1. The summed E-state index contributed by atoms with van der Waals surface area (Å²) in [6.07, 6.45) is 1.73. The van der Waals surface area contributed by atoms with E-state index in [1.165, 1.54) is 0 Å². The third-order valence-electron chi connectivity index (χ3n) is 3.61. The molecule has 0 aromatic carbocycles. The molecule has 2 rings (SSSR count). The van der Waals surface area contributed by atoms with Crippen LogP contribution in [0, 0.1) is 13.8 Å². The van der Waals surface area contributed by atoms with E-state index in [0.717, 1.165) is 19.4 Å². The Hall–Kier alpha value is -0.920. The summed E-state index contributed by atoms with van der Waals surface area (Å²) in [5.41, 5.74) is 1.16. The molecule has 1 aliphatic heterocycles. The largest absolute Gasteiger partial charge is 0.314 e. The van der Waals surface area contributed by atoms with Gasteiger partial charge in [-0.15, -0.1) is 0 Å². The van der Waals surface area contributed by atoms with E-state index in [4.69, 9.17) is 0 Å². The fourth-order valence-corrected chi connectivity index (χ4v) is 4.44. The summed E-state index contributed by atoms with van der Waals surface area (Å²) in [4.78, 5) is 0.342. The average molecular weight is 286 g/mol. The first kappa shape index (κ1) is 14.5. The summed E-state index contributed by atoms with van der Waals surface area (Å²) in [6.45, 7) is 7.62. The van der Waals surface area contributed by atoms with Crippen LogP contribution in [-0.2, 0) is 10.0 Å². The lowest BCUT2D eigenvalue weighted by atomic mass is 10.1. The van der Waals surface area contributed by atoms with Crippen LogP contribution < -0.4 is 5.32 Å². The van der Waals surface area contributed by atoms with Crippen LogP contribution in [0.25, 0.3) is 0 Å². The van der Waals surface area contributed by atoms with Gasteiger partial charge in [-0.2, -0.15) is 9.40 Å². The van der Waals surface area contributed by atoms with Crippen LogP contribution in [0.5, 0.6) is 0 Å².